The Bertz CT molecular complexity index is 831. The molecule has 6 heteroatoms. The summed E-state index contributed by atoms with van der Waals surface area (Å²) in [5.41, 5.74) is 4.43. The van der Waals surface area contributed by atoms with Crippen LogP contribution < -0.4 is 5.32 Å². The quantitative estimate of drug-likeness (QED) is 0.766. The SMILES string of the molecule is CC(C)(C)c1ccc(Cc2ccc(C(=O)Nc3nn[nH]n3)cc2)cc1. The molecule has 1 amide bonds. The van der Waals surface area contributed by atoms with E-state index in [0.717, 1.165) is 12.0 Å². The molecule has 128 valence electrons. The number of amides is 1. The van der Waals surface area contributed by atoms with Gasteiger partial charge in [-0.1, -0.05) is 62.3 Å². The van der Waals surface area contributed by atoms with E-state index in [9.17, 15) is 4.79 Å². The fourth-order valence-corrected chi connectivity index (χ4v) is 2.52. The third kappa shape index (κ3) is 4.29. The normalized spacial score (nSPS) is 11.3. The van der Waals surface area contributed by atoms with Gasteiger partial charge >= 0.3 is 0 Å². The molecule has 0 fully saturated rings. The number of H-pyrrole nitrogens is 1. The Hall–Kier alpha value is -3.02. The molecule has 0 atom stereocenters. The minimum absolute atomic E-state index is 0.159. The molecule has 1 aromatic heterocycles. The number of anilines is 1. The average Bonchev–Trinajstić information content (AvgIpc) is 3.08. The standard InChI is InChI=1S/C19H21N5O/c1-19(2,3)16-10-6-14(7-11-16)12-13-4-8-15(9-5-13)17(25)20-18-21-23-24-22-18/h4-11H,12H2,1-3H3,(H2,20,21,22,23,24,25). The molecule has 0 aliphatic heterocycles. The van der Waals surface area contributed by atoms with E-state index in [1.54, 1.807) is 12.1 Å². The fraction of sp³-hybridized carbons (Fsp3) is 0.263. The zero-order chi connectivity index (χ0) is 17.9. The van der Waals surface area contributed by atoms with Gasteiger partial charge in [0.25, 0.3) is 11.9 Å². The molecule has 0 spiro atoms. The molecule has 0 aliphatic rings. The summed E-state index contributed by atoms with van der Waals surface area (Å²) in [5.74, 6) is -0.101. The van der Waals surface area contributed by atoms with E-state index in [0.29, 0.717) is 5.56 Å². The maximum atomic E-state index is 12.1. The first-order valence-corrected chi connectivity index (χ1v) is 8.15. The van der Waals surface area contributed by atoms with Crippen molar-refractivity contribution in [2.45, 2.75) is 32.6 Å². The molecule has 1 heterocycles. The van der Waals surface area contributed by atoms with E-state index in [1.807, 2.05) is 12.1 Å². The number of carbonyl (C=O) groups excluding carboxylic acids is 1. The third-order valence-corrected chi connectivity index (χ3v) is 4.02. The van der Waals surface area contributed by atoms with Crippen molar-refractivity contribution in [3.63, 3.8) is 0 Å². The lowest BCUT2D eigenvalue weighted by Crippen LogP contribution is -2.13. The number of tetrazole rings is 1. The Morgan fingerprint density at radius 1 is 1.00 bits per heavy atom. The van der Waals surface area contributed by atoms with Crippen LogP contribution in [0.3, 0.4) is 0 Å². The second kappa shape index (κ2) is 6.84. The van der Waals surface area contributed by atoms with Gasteiger partial charge in [-0.25, -0.2) is 0 Å². The number of benzene rings is 2. The summed E-state index contributed by atoms with van der Waals surface area (Å²) in [6.45, 7) is 6.63. The molecular weight excluding hydrogens is 314 g/mol. The molecule has 3 rings (SSSR count). The van der Waals surface area contributed by atoms with Crippen LogP contribution in [-0.2, 0) is 11.8 Å². The topological polar surface area (TPSA) is 83.6 Å². The monoisotopic (exact) mass is 335 g/mol. The van der Waals surface area contributed by atoms with E-state index in [4.69, 9.17) is 0 Å². The highest BCUT2D eigenvalue weighted by Gasteiger charge is 2.13. The van der Waals surface area contributed by atoms with Gasteiger partial charge in [-0.3, -0.25) is 10.1 Å². The lowest BCUT2D eigenvalue weighted by Gasteiger charge is -2.19. The van der Waals surface area contributed by atoms with Crippen LogP contribution >= 0.6 is 0 Å². The maximum Gasteiger partial charge on any atom is 0.270 e. The summed E-state index contributed by atoms with van der Waals surface area (Å²) in [4.78, 5) is 12.1. The Labute approximate surface area is 146 Å². The van der Waals surface area contributed by atoms with Crippen molar-refractivity contribution in [2.24, 2.45) is 0 Å². The molecule has 0 unspecified atom stereocenters. The Morgan fingerprint density at radius 2 is 1.60 bits per heavy atom. The van der Waals surface area contributed by atoms with Gasteiger partial charge in [0.05, 0.1) is 0 Å². The summed E-state index contributed by atoms with van der Waals surface area (Å²) in [6, 6.07) is 16.2. The summed E-state index contributed by atoms with van der Waals surface area (Å²) in [7, 11) is 0. The summed E-state index contributed by atoms with van der Waals surface area (Å²) in [6.07, 6.45) is 0.831. The third-order valence-electron chi connectivity index (χ3n) is 4.02. The smallest absolute Gasteiger partial charge is 0.270 e. The van der Waals surface area contributed by atoms with Crippen LogP contribution in [0.5, 0.6) is 0 Å². The minimum Gasteiger partial charge on any atom is -0.288 e. The molecule has 2 aromatic carbocycles. The lowest BCUT2D eigenvalue weighted by atomic mass is 9.86. The van der Waals surface area contributed by atoms with E-state index in [2.05, 4.69) is 71.0 Å². The number of hydrogen-bond acceptors (Lipinski definition) is 4. The van der Waals surface area contributed by atoms with E-state index in [-0.39, 0.29) is 17.3 Å². The second-order valence-electron chi connectivity index (χ2n) is 7.01. The molecule has 25 heavy (non-hydrogen) atoms. The van der Waals surface area contributed by atoms with Gasteiger partial charge in [0.1, 0.15) is 0 Å². The molecule has 0 radical (unpaired) electrons. The number of nitrogens with one attached hydrogen (secondary N) is 2. The number of nitrogens with zero attached hydrogens (tertiary/aromatic N) is 3. The van der Waals surface area contributed by atoms with Crippen molar-refractivity contribution in [2.75, 3.05) is 5.32 Å². The predicted molar refractivity (Wildman–Crippen MR) is 96.5 cm³/mol. The molecule has 0 saturated carbocycles. The van der Waals surface area contributed by atoms with Crippen LogP contribution in [-0.4, -0.2) is 26.5 Å². The van der Waals surface area contributed by atoms with Crippen LogP contribution in [0.15, 0.2) is 48.5 Å². The number of aromatic amines is 1. The fourth-order valence-electron chi connectivity index (χ4n) is 2.52. The van der Waals surface area contributed by atoms with Gasteiger partial charge in [-0.2, -0.15) is 5.21 Å². The molecule has 0 aliphatic carbocycles. The molecule has 3 aromatic rings. The summed E-state index contributed by atoms with van der Waals surface area (Å²) in [5, 5.41) is 15.7. The average molecular weight is 335 g/mol. The first kappa shape index (κ1) is 16.8. The van der Waals surface area contributed by atoms with Gasteiger partial charge in [0, 0.05) is 5.56 Å². The van der Waals surface area contributed by atoms with E-state index >= 15 is 0 Å². The molecule has 2 N–H and O–H groups in total. The second-order valence-corrected chi connectivity index (χ2v) is 7.01. The van der Waals surface area contributed by atoms with Gasteiger partial charge in [-0.15, -0.1) is 5.10 Å². The molecular formula is C19H21N5O. The number of aromatic nitrogens is 4. The van der Waals surface area contributed by atoms with Crippen molar-refractivity contribution in [3.05, 3.63) is 70.8 Å². The van der Waals surface area contributed by atoms with Crippen LogP contribution in [0.2, 0.25) is 0 Å². The number of rotatable bonds is 4. The first-order valence-electron chi connectivity index (χ1n) is 8.15. The Morgan fingerprint density at radius 3 is 2.12 bits per heavy atom. The van der Waals surface area contributed by atoms with Gasteiger partial charge in [0.15, 0.2) is 0 Å². The zero-order valence-electron chi connectivity index (χ0n) is 14.6. The van der Waals surface area contributed by atoms with E-state index < -0.39 is 0 Å². The highest BCUT2D eigenvalue weighted by atomic mass is 16.1. The van der Waals surface area contributed by atoms with Crippen molar-refractivity contribution in [3.8, 4) is 0 Å². The van der Waals surface area contributed by atoms with Crippen LogP contribution in [0.1, 0.15) is 47.8 Å². The van der Waals surface area contributed by atoms with Gasteiger partial charge in [-0.05, 0) is 45.9 Å². The lowest BCUT2D eigenvalue weighted by molar-refractivity contribution is 0.102. The van der Waals surface area contributed by atoms with Crippen LogP contribution in [0, 0.1) is 0 Å². The largest absolute Gasteiger partial charge is 0.288 e. The predicted octanol–water partition coefficient (Wildman–Crippen LogP) is 3.34. The van der Waals surface area contributed by atoms with Crippen molar-refractivity contribution in [1.82, 2.24) is 20.6 Å². The van der Waals surface area contributed by atoms with Crippen LogP contribution in [0.25, 0.3) is 0 Å². The Balaban J connectivity index is 1.65. The van der Waals surface area contributed by atoms with Crippen molar-refractivity contribution in [1.29, 1.82) is 0 Å². The molecule has 6 nitrogen and oxygen atoms in total. The maximum absolute atomic E-state index is 12.1. The summed E-state index contributed by atoms with van der Waals surface area (Å²) >= 11 is 0. The van der Waals surface area contributed by atoms with Crippen LogP contribution in [0.4, 0.5) is 5.95 Å². The Kier molecular flexibility index (Phi) is 4.61. The molecule has 0 bridgehead atoms. The number of carbonyl (C=O) groups is 1. The summed E-state index contributed by atoms with van der Waals surface area (Å²) < 4.78 is 0. The van der Waals surface area contributed by atoms with Crippen molar-refractivity contribution >= 4 is 11.9 Å². The first-order chi connectivity index (χ1) is 11.9. The van der Waals surface area contributed by atoms with Gasteiger partial charge < -0.3 is 0 Å². The zero-order valence-corrected chi connectivity index (χ0v) is 14.6. The van der Waals surface area contributed by atoms with Gasteiger partial charge in [0.2, 0.25) is 0 Å². The highest BCUT2D eigenvalue weighted by molar-refractivity contribution is 6.03. The minimum atomic E-state index is -0.262. The number of hydrogen-bond donors (Lipinski definition) is 2. The highest BCUT2D eigenvalue weighted by Crippen LogP contribution is 2.23. The molecule has 0 saturated heterocycles. The van der Waals surface area contributed by atoms with E-state index in [1.165, 1.54) is 11.1 Å². The van der Waals surface area contributed by atoms with Crippen molar-refractivity contribution < 1.29 is 4.79 Å².